The monoisotopic (exact) mass is 599 g/mol. The van der Waals surface area contributed by atoms with Crippen molar-refractivity contribution in [3.05, 3.63) is 176 Å². The lowest BCUT2D eigenvalue weighted by atomic mass is 9.99. The number of benzene rings is 6. The SMILES string of the molecule is c1ccc(-c2cc(-c3cccc(-n4c5ccccc5c5c(-c6ccccc6)nc6ccccc6c54)c3)cc(-c3ccccc3)n2)cc1. The molecule has 6 aromatic carbocycles. The molecule has 0 amide bonds. The molecule has 47 heavy (non-hydrogen) atoms. The van der Waals surface area contributed by atoms with Crippen LogP contribution in [0.4, 0.5) is 0 Å². The van der Waals surface area contributed by atoms with Crippen molar-refractivity contribution in [2.75, 3.05) is 0 Å². The van der Waals surface area contributed by atoms with Crippen LogP contribution in [0, 0.1) is 0 Å². The van der Waals surface area contributed by atoms with Crippen LogP contribution in [-0.4, -0.2) is 14.5 Å². The number of hydrogen-bond acceptors (Lipinski definition) is 2. The predicted molar refractivity (Wildman–Crippen MR) is 196 cm³/mol. The molecular weight excluding hydrogens is 571 g/mol. The van der Waals surface area contributed by atoms with Gasteiger partial charge < -0.3 is 4.57 Å². The summed E-state index contributed by atoms with van der Waals surface area (Å²) < 4.78 is 2.42. The fraction of sp³-hybridized carbons (Fsp3) is 0. The fourth-order valence-electron chi connectivity index (χ4n) is 6.79. The third-order valence-corrected chi connectivity index (χ3v) is 8.95. The first-order valence-corrected chi connectivity index (χ1v) is 15.9. The first-order valence-electron chi connectivity index (χ1n) is 15.9. The first kappa shape index (κ1) is 27.0. The van der Waals surface area contributed by atoms with Gasteiger partial charge in [0.1, 0.15) is 0 Å². The lowest BCUT2D eigenvalue weighted by Gasteiger charge is -2.14. The van der Waals surface area contributed by atoms with E-state index in [1.54, 1.807) is 0 Å². The number of fused-ring (bicyclic) bond motifs is 5. The van der Waals surface area contributed by atoms with E-state index in [2.05, 4.69) is 168 Å². The second-order valence-electron chi connectivity index (χ2n) is 11.8. The molecule has 0 aliphatic carbocycles. The standard InChI is InChI=1S/C44H29N3/c1-4-15-30(16-5-1)39-28-34(29-40(45-39)31-17-6-2-7-18-31)33-21-14-22-35(27-33)47-41-26-13-11-24-37(41)42-43(32-19-8-3-9-20-32)46-38-25-12-10-23-36(38)44(42)47/h1-29H. The largest absolute Gasteiger partial charge is 0.308 e. The van der Waals surface area contributed by atoms with Crippen molar-refractivity contribution in [1.29, 1.82) is 0 Å². The van der Waals surface area contributed by atoms with Gasteiger partial charge >= 0.3 is 0 Å². The Balaban J connectivity index is 1.32. The van der Waals surface area contributed by atoms with Gasteiger partial charge in [-0.1, -0.05) is 140 Å². The molecule has 9 rings (SSSR count). The lowest BCUT2D eigenvalue weighted by Crippen LogP contribution is -1.97. The predicted octanol–water partition coefficient (Wildman–Crippen LogP) is 11.4. The maximum atomic E-state index is 5.25. The molecule has 0 saturated heterocycles. The van der Waals surface area contributed by atoms with E-state index in [4.69, 9.17) is 9.97 Å². The zero-order chi connectivity index (χ0) is 31.2. The molecule has 0 spiro atoms. The molecule has 3 nitrogen and oxygen atoms in total. The smallest absolute Gasteiger partial charge is 0.0809 e. The van der Waals surface area contributed by atoms with E-state index in [1.165, 1.54) is 5.39 Å². The van der Waals surface area contributed by atoms with E-state index in [0.29, 0.717) is 0 Å². The van der Waals surface area contributed by atoms with Gasteiger partial charge in [0.25, 0.3) is 0 Å². The molecule has 9 aromatic rings. The van der Waals surface area contributed by atoms with Gasteiger partial charge in [-0.25, -0.2) is 9.97 Å². The fourth-order valence-corrected chi connectivity index (χ4v) is 6.79. The number of aromatic nitrogens is 3. The van der Waals surface area contributed by atoms with Gasteiger partial charge in [0.05, 0.1) is 33.6 Å². The zero-order valence-corrected chi connectivity index (χ0v) is 25.6. The number of para-hydroxylation sites is 2. The Morgan fingerprint density at radius 1 is 0.383 bits per heavy atom. The molecule has 3 aromatic heterocycles. The van der Waals surface area contributed by atoms with Crippen LogP contribution in [-0.2, 0) is 0 Å². The van der Waals surface area contributed by atoms with Gasteiger partial charge in [-0.3, -0.25) is 0 Å². The molecule has 0 saturated carbocycles. The molecule has 0 N–H and O–H groups in total. The van der Waals surface area contributed by atoms with E-state index < -0.39 is 0 Å². The van der Waals surface area contributed by atoms with E-state index >= 15 is 0 Å². The van der Waals surface area contributed by atoms with Gasteiger partial charge in [-0.05, 0) is 47.5 Å². The number of nitrogens with zero attached hydrogens (tertiary/aromatic N) is 3. The van der Waals surface area contributed by atoms with E-state index in [1.807, 2.05) is 12.1 Å². The van der Waals surface area contributed by atoms with Crippen LogP contribution in [0.1, 0.15) is 0 Å². The maximum absolute atomic E-state index is 5.25. The van der Waals surface area contributed by atoms with Crippen molar-refractivity contribution in [2.24, 2.45) is 0 Å². The van der Waals surface area contributed by atoms with Gasteiger partial charge in [0.2, 0.25) is 0 Å². The number of pyridine rings is 2. The minimum absolute atomic E-state index is 0.953. The Morgan fingerprint density at radius 2 is 0.936 bits per heavy atom. The molecule has 0 fully saturated rings. The molecule has 3 heterocycles. The highest BCUT2D eigenvalue weighted by Crippen LogP contribution is 2.41. The highest BCUT2D eigenvalue weighted by Gasteiger charge is 2.20. The minimum atomic E-state index is 0.953. The van der Waals surface area contributed by atoms with Crippen LogP contribution in [0.3, 0.4) is 0 Å². The first-order chi connectivity index (χ1) is 23.3. The second kappa shape index (κ2) is 11.2. The number of hydrogen-bond donors (Lipinski definition) is 0. The Bertz CT molecular complexity index is 2490. The molecule has 0 atom stereocenters. The Morgan fingerprint density at radius 3 is 1.62 bits per heavy atom. The maximum Gasteiger partial charge on any atom is 0.0809 e. The molecular formula is C44H29N3. The molecule has 0 aliphatic heterocycles. The van der Waals surface area contributed by atoms with Crippen LogP contribution in [0.2, 0.25) is 0 Å². The Hall–Kier alpha value is -6.32. The minimum Gasteiger partial charge on any atom is -0.308 e. The van der Waals surface area contributed by atoms with Crippen LogP contribution in [0.15, 0.2) is 176 Å². The van der Waals surface area contributed by atoms with E-state index in [-0.39, 0.29) is 0 Å². The average Bonchev–Trinajstić information content (AvgIpc) is 3.51. The van der Waals surface area contributed by atoms with Crippen molar-refractivity contribution in [3.8, 4) is 50.6 Å². The highest BCUT2D eigenvalue weighted by atomic mass is 15.0. The van der Waals surface area contributed by atoms with Crippen molar-refractivity contribution in [3.63, 3.8) is 0 Å². The Labute approximate surface area is 273 Å². The van der Waals surface area contributed by atoms with Crippen LogP contribution < -0.4 is 0 Å². The van der Waals surface area contributed by atoms with Crippen molar-refractivity contribution in [2.45, 2.75) is 0 Å². The normalized spacial score (nSPS) is 11.4. The molecule has 0 unspecified atom stereocenters. The van der Waals surface area contributed by atoms with Gasteiger partial charge in [-0.2, -0.15) is 0 Å². The van der Waals surface area contributed by atoms with Crippen LogP contribution in [0.5, 0.6) is 0 Å². The zero-order valence-electron chi connectivity index (χ0n) is 25.6. The van der Waals surface area contributed by atoms with Crippen LogP contribution in [0.25, 0.3) is 83.3 Å². The second-order valence-corrected chi connectivity index (χ2v) is 11.8. The van der Waals surface area contributed by atoms with Crippen molar-refractivity contribution in [1.82, 2.24) is 14.5 Å². The molecule has 0 radical (unpaired) electrons. The molecule has 0 aliphatic rings. The average molecular weight is 600 g/mol. The summed E-state index contributed by atoms with van der Waals surface area (Å²) in [4.78, 5) is 10.4. The third-order valence-electron chi connectivity index (χ3n) is 8.95. The summed E-state index contributed by atoms with van der Waals surface area (Å²) in [6, 6.07) is 61.9. The van der Waals surface area contributed by atoms with Gasteiger partial charge in [0, 0.05) is 38.5 Å². The summed E-state index contributed by atoms with van der Waals surface area (Å²) in [5, 5.41) is 3.48. The summed E-state index contributed by atoms with van der Waals surface area (Å²) in [6.07, 6.45) is 0. The molecule has 220 valence electrons. The van der Waals surface area contributed by atoms with E-state index in [0.717, 1.165) is 77.9 Å². The highest BCUT2D eigenvalue weighted by molar-refractivity contribution is 6.22. The summed E-state index contributed by atoms with van der Waals surface area (Å²) in [6.45, 7) is 0. The summed E-state index contributed by atoms with van der Waals surface area (Å²) >= 11 is 0. The lowest BCUT2D eigenvalue weighted by molar-refractivity contribution is 1.18. The molecule has 3 heteroatoms. The van der Waals surface area contributed by atoms with Crippen molar-refractivity contribution < 1.29 is 0 Å². The summed E-state index contributed by atoms with van der Waals surface area (Å²) in [5.74, 6) is 0. The third kappa shape index (κ3) is 4.68. The van der Waals surface area contributed by atoms with Gasteiger partial charge in [-0.15, -0.1) is 0 Å². The molecule has 0 bridgehead atoms. The van der Waals surface area contributed by atoms with E-state index in [9.17, 15) is 0 Å². The quantitative estimate of drug-likeness (QED) is 0.197. The van der Waals surface area contributed by atoms with Gasteiger partial charge in [0.15, 0.2) is 0 Å². The van der Waals surface area contributed by atoms with Crippen molar-refractivity contribution >= 4 is 32.7 Å². The Kier molecular flexibility index (Phi) is 6.46. The summed E-state index contributed by atoms with van der Waals surface area (Å²) in [5.41, 5.74) is 12.9. The number of rotatable bonds is 5. The van der Waals surface area contributed by atoms with Crippen LogP contribution >= 0.6 is 0 Å². The topological polar surface area (TPSA) is 30.7 Å². The summed E-state index contributed by atoms with van der Waals surface area (Å²) in [7, 11) is 0.